The van der Waals surface area contributed by atoms with E-state index >= 15 is 0 Å². The van der Waals surface area contributed by atoms with Gasteiger partial charge in [0.25, 0.3) is 0 Å². The van der Waals surface area contributed by atoms with Crippen LogP contribution in [0, 0.1) is 0 Å². The molecule has 0 radical (unpaired) electrons. The van der Waals surface area contributed by atoms with Crippen molar-refractivity contribution in [3.8, 4) is 0 Å². The summed E-state index contributed by atoms with van der Waals surface area (Å²) >= 11 is 3.28. The first kappa shape index (κ1) is 31.0. The number of thioether (sulfide) groups is 2. The molecule has 0 heterocycles. The van der Waals surface area contributed by atoms with Crippen molar-refractivity contribution in [1.82, 2.24) is 0 Å². The van der Waals surface area contributed by atoms with Crippen LogP contribution in [-0.4, -0.2) is 75.8 Å². The van der Waals surface area contributed by atoms with Gasteiger partial charge in [-0.3, -0.25) is 9.59 Å². The molecular weight excluding hydrogens is 504 g/mol. The van der Waals surface area contributed by atoms with Gasteiger partial charge in [0, 0.05) is 38.9 Å². The molecule has 7 nitrogen and oxygen atoms in total. The molecule has 1 atom stereocenters. The highest BCUT2D eigenvalue weighted by Gasteiger charge is 2.40. The van der Waals surface area contributed by atoms with Gasteiger partial charge in [-0.2, -0.15) is 11.8 Å². The summed E-state index contributed by atoms with van der Waals surface area (Å²) in [6.45, 7) is 4.16. The number of carbonyl (C=O) groups excluding carboxylic acids is 2. The zero-order chi connectivity index (χ0) is 25.8. The summed E-state index contributed by atoms with van der Waals surface area (Å²) in [5.41, 5.74) is -0.707. The fraction of sp³-hybridized carbons (Fsp3) is 0.920. The Balaban J connectivity index is 1.91. The molecule has 1 unspecified atom stereocenters. The van der Waals surface area contributed by atoms with Crippen molar-refractivity contribution < 1.29 is 32.3 Å². The largest absolute Gasteiger partial charge is 0.500 e. The van der Waals surface area contributed by atoms with Gasteiger partial charge in [-0.15, -0.1) is 11.8 Å². The van der Waals surface area contributed by atoms with Crippen molar-refractivity contribution in [3.63, 3.8) is 0 Å². The van der Waals surface area contributed by atoms with E-state index in [-0.39, 0.29) is 29.6 Å². The van der Waals surface area contributed by atoms with E-state index in [2.05, 4.69) is 13.8 Å². The first-order valence-electron chi connectivity index (χ1n) is 13.1. The molecule has 35 heavy (non-hydrogen) atoms. The van der Waals surface area contributed by atoms with Crippen LogP contribution in [0.1, 0.15) is 84.5 Å². The molecule has 0 aliphatic heterocycles. The van der Waals surface area contributed by atoms with Gasteiger partial charge in [-0.25, -0.2) is 0 Å². The Morgan fingerprint density at radius 2 is 1.31 bits per heavy atom. The average Bonchev–Trinajstić information content (AvgIpc) is 3.54. The van der Waals surface area contributed by atoms with Crippen molar-refractivity contribution >= 4 is 44.3 Å². The first-order valence-corrected chi connectivity index (χ1v) is 17.2. The van der Waals surface area contributed by atoms with Gasteiger partial charge in [0.1, 0.15) is 16.5 Å². The second-order valence-electron chi connectivity index (χ2n) is 9.60. The molecule has 0 spiro atoms. The molecule has 204 valence electrons. The Kier molecular flexibility index (Phi) is 13.5. The molecule has 2 aliphatic carbocycles. The quantitative estimate of drug-likeness (QED) is 0.130. The summed E-state index contributed by atoms with van der Waals surface area (Å²) in [6, 6.07) is 0.724. The Bertz CT molecular complexity index is 639. The van der Waals surface area contributed by atoms with Gasteiger partial charge in [0.2, 0.25) is 0 Å². The fourth-order valence-corrected chi connectivity index (χ4v) is 9.60. The van der Waals surface area contributed by atoms with E-state index in [9.17, 15) is 9.59 Å². The van der Waals surface area contributed by atoms with Crippen LogP contribution in [0.2, 0.25) is 6.04 Å². The highest BCUT2D eigenvalue weighted by Crippen LogP contribution is 2.38. The third-order valence-corrected chi connectivity index (χ3v) is 13.1. The lowest BCUT2D eigenvalue weighted by Crippen LogP contribution is -2.43. The van der Waals surface area contributed by atoms with Gasteiger partial charge < -0.3 is 22.8 Å². The van der Waals surface area contributed by atoms with Crippen LogP contribution in [0.25, 0.3) is 0 Å². The second kappa shape index (κ2) is 15.2. The number of hydrogen-bond donors (Lipinski definition) is 0. The smallest absolute Gasteiger partial charge is 0.459 e. The summed E-state index contributed by atoms with van der Waals surface area (Å²) < 4.78 is 28.5. The Morgan fingerprint density at radius 1 is 0.800 bits per heavy atom. The topological polar surface area (TPSA) is 80.3 Å². The zero-order valence-corrected chi connectivity index (χ0v) is 25.0. The van der Waals surface area contributed by atoms with E-state index in [1.165, 1.54) is 11.8 Å². The third kappa shape index (κ3) is 9.21. The number of ether oxygens (including phenoxy) is 2. The maximum Gasteiger partial charge on any atom is 0.500 e. The highest BCUT2D eigenvalue weighted by molar-refractivity contribution is 8.03. The minimum atomic E-state index is -2.56. The molecule has 10 heteroatoms. The highest BCUT2D eigenvalue weighted by atomic mass is 32.2. The maximum absolute atomic E-state index is 13.3. The molecule has 0 amide bonds. The van der Waals surface area contributed by atoms with Gasteiger partial charge in [0.15, 0.2) is 0 Å². The zero-order valence-electron chi connectivity index (χ0n) is 22.4. The molecular formula is C25H46O7S2Si. The van der Waals surface area contributed by atoms with Gasteiger partial charge in [-0.05, 0) is 70.0 Å². The number of rotatable bonds is 17. The van der Waals surface area contributed by atoms with Crippen LogP contribution in [0.3, 0.4) is 0 Å². The predicted octanol–water partition coefficient (Wildman–Crippen LogP) is 5.62. The van der Waals surface area contributed by atoms with Crippen LogP contribution in [-0.2, 0) is 32.3 Å². The Morgan fingerprint density at radius 3 is 1.80 bits per heavy atom. The Labute approximate surface area is 221 Å². The molecule has 2 rings (SSSR count). The summed E-state index contributed by atoms with van der Waals surface area (Å²) in [5.74, 6) is 1.91. The summed E-state index contributed by atoms with van der Waals surface area (Å²) in [5, 5.41) is -0.534. The molecule has 0 bridgehead atoms. The summed E-state index contributed by atoms with van der Waals surface area (Å²) in [6.07, 6.45) is 9.75. The van der Waals surface area contributed by atoms with E-state index < -0.39 is 14.1 Å². The van der Waals surface area contributed by atoms with Gasteiger partial charge in [0.05, 0.1) is 6.42 Å². The molecule has 2 fully saturated rings. The normalized spacial score (nSPS) is 20.0. The van der Waals surface area contributed by atoms with Gasteiger partial charge >= 0.3 is 20.7 Å². The number of carbonyl (C=O) groups is 2. The molecule has 2 saturated carbocycles. The molecule has 2 aliphatic rings. The van der Waals surface area contributed by atoms with Crippen molar-refractivity contribution in [3.05, 3.63) is 0 Å². The van der Waals surface area contributed by atoms with Crippen LogP contribution >= 0.6 is 23.5 Å². The van der Waals surface area contributed by atoms with Crippen molar-refractivity contribution in [1.29, 1.82) is 0 Å². The minimum Gasteiger partial charge on any atom is -0.459 e. The molecule has 0 N–H and O–H groups in total. The molecule has 0 aromatic rings. The Hall–Kier alpha value is -0.263. The van der Waals surface area contributed by atoms with Crippen LogP contribution in [0.5, 0.6) is 0 Å². The summed E-state index contributed by atoms with van der Waals surface area (Å²) in [4.78, 5) is 26.2. The van der Waals surface area contributed by atoms with E-state index in [0.717, 1.165) is 87.5 Å². The molecule has 0 aromatic heterocycles. The lowest BCUT2D eigenvalue weighted by Gasteiger charge is -2.31. The fourth-order valence-electron chi connectivity index (χ4n) is 5.12. The van der Waals surface area contributed by atoms with E-state index in [1.54, 1.807) is 33.1 Å². The van der Waals surface area contributed by atoms with Crippen LogP contribution in [0.4, 0.5) is 0 Å². The van der Waals surface area contributed by atoms with E-state index in [1.807, 2.05) is 0 Å². The number of hydrogen-bond acceptors (Lipinski definition) is 9. The van der Waals surface area contributed by atoms with Crippen LogP contribution in [0.15, 0.2) is 0 Å². The molecule has 0 saturated heterocycles. The number of esters is 2. The maximum atomic E-state index is 13.3. The van der Waals surface area contributed by atoms with Crippen molar-refractivity contribution in [2.75, 3.05) is 38.6 Å². The van der Waals surface area contributed by atoms with Crippen LogP contribution < -0.4 is 0 Å². The standard InChI is InChI=1S/C25H46O7S2Si/c1-6-24(12-8-9-13-24)31-22(26)20-21(23(27)32-25(7-2)14-10-11-15-25)34-17-16-33-18-19-35(28-3,29-4)30-5/h21H,6-20H2,1-5H3. The summed E-state index contributed by atoms with van der Waals surface area (Å²) in [7, 11) is 2.30. The van der Waals surface area contributed by atoms with Gasteiger partial charge in [-0.1, -0.05) is 13.8 Å². The third-order valence-electron chi connectivity index (χ3n) is 7.61. The SMILES string of the molecule is CCC1(OC(=O)CC(SCCSCC[Si](OC)(OC)OC)C(=O)OC2(CC)CCCC2)CCCC1. The minimum absolute atomic E-state index is 0.0722. The predicted molar refractivity (Wildman–Crippen MR) is 145 cm³/mol. The lowest BCUT2D eigenvalue weighted by atomic mass is 9.98. The molecule has 0 aromatic carbocycles. The van der Waals surface area contributed by atoms with E-state index in [0.29, 0.717) is 0 Å². The monoisotopic (exact) mass is 550 g/mol. The van der Waals surface area contributed by atoms with Crippen molar-refractivity contribution in [2.45, 2.75) is 107 Å². The first-order chi connectivity index (χ1) is 16.8. The average molecular weight is 551 g/mol. The van der Waals surface area contributed by atoms with E-state index in [4.69, 9.17) is 22.8 Å². The second-order valence-corrected chi connectivity index (χ2v) is 15.2. The van der Waals surface area contributed by atoms with Crippen molar-refractivity contribution in [2.24, 2.45) is 0 Å². The lowest BCUT2D eigenvalue weighted by molar-refractivity contribution is -0.166.